The molecule has 0 aliphatic heterocycles. The van der Waals surface area contributed by atoms with Crippen molar-refractivity contribution in [3.8, 4) is 0 Å². The van der Waals surface area contributed by atoms with Gasteiger partial charge in [-0.1, -0.05) is 20.8 Å². The highest BCUT2D eigenvalue weighted by atomic mass is 16.5. The van der Waals surface area contributed by atoms with Crippen LogP contribution in [0.5, 0.6) is 0 Å². The van der Waals surface area contributed by atoms with Crippen LogP contribution in [-0.2, 0) is 14.3 Å². The molecule has 3 nitrogen and oxygen atoms in total. The van der Waals surface area contributed by atoms with Gasteiger partial charge in [-0.05, 0) is 43.4 Å². The molecular formula is C16H24O3. The van der Waals surface area contributed by atoms with Crippen molar-refractivity contribution in [1.29, 1.82) is 0 Å². The van der Waals surface area contributed by atoms with Gasteiger partial charge in [-0.15, -0.1) is 0 Å². The average molecular weight is 264 g/mol. The number of carbonyl (C=O) groups is 2. The lowest BCUT2D eigenvalue weighted by Crippen LogP contribution is -2.39. The Kier molecular flexibility index (Phi) is 2.81. The molecule has 3 heteroatoms. The van der Waals surface area contributed by atoms with Crippen molar-refractivity contribution < 1.29 is 14.3 Å². The molecule has 0 heterocycles. The topological polar surface area (TPSA) is 43.4 Å². The van der Waals surface area contributed by atoms with Crippen LogP contribution in [0.15, 0.2) is 0 Å². The zero-order chi connectivity index (χ0) is 13.8. The minimum atomic E-state index is -0.467. The molecule has 0 aromatic carbocycles. The largest absolute Gasteiger partial charge is 0.461 e. The molecule has 19 heavy (non-hydrogen) atoms. The van der Waals surface area contributed by atoms with E-state index in [4.69, 9.17) is 4.74 Å². The van der Waals surface area contributed by atoms with Crippen molar-refractivity contribution >= 4 is 11.8 Å². The number of ether oxygens (including phenoxy) is 1. The molecule has 0 saturated heterocycles. The predicted molar refractivity (Wildman–Crippen MR) is 71.5 cm³/mol. The second-order valence-corrected chi connectivity index (χ2v) is 7.45. The van der Waals surface area contributed by atoms with Gasteiger partial charge in [0.1, 0.15) is 17.8 Å². The Morgan fingerprint density at radius 3 is 2.47 bits per heavy atom. The Morgan fingerprint density at radius 2 is 2.00 bits per heavy atom. The number of carbonyl (C=O) groups excluding carboxylic acids is 2. The van der Waals surface area contributed by atoms with E-state index in [1.807, 2.05) is 0 Å². The maximum absolute atomic E-state index is 12.2. The molecule has 3 saturated carbocycles. The van der Waals surface area contributed by atoms with Gasteiger partial charge in [0.25, 0.3) is 0 Å². The van der Waals surface area contributed by atoms with Crippen LogP contribution >= 0.6 is 0 Å². The van der Waals surface area contributed by atoms with E-state index in [0.29, 0.717) is 18.8 Å². The number of fused-ring (bicyclic) bond motifs is 2. The fourth-order valence-electron chi connectivity index (χ4n) is 4.60. The zero-order valence-corrected chi connectivity index (χ0v) is 12.2. The Hall–Kier alpha value is -0.860. The molecule has 0 aromatic heterocycles. The molecule has 1 unspecified atom stereocenters. The molecular weight excluding hydrogens is 240 g/mol. The molecule has 4 atom stereocenters. The molecule has 2 bridgehead atoms. The zero-order valence-electron chi connectivity index (χ0n) is 12.2. The Balaban J connectivity index is 1.72. The smallest absolute Gasteiger partial charge is 0.316 e. The molecule has 0 radical (unpaired) electrons. The summed E-state index contributed by atoms with van der Waals surface area (Å²) >= 11 is 0. The van der Waals surface area contributed by atoms with E-state index in [2.05, 4.69) is 20.8 Å². The third-order valence-electron chi connectivity index (χ3n) is 6.56. The maximum atomic E-state index is 12.2. The van der Waals surface area contributed by atoms with E-state index < -0.39 is 5.92 Å². The first-order valence-corrected chi connectivity index (χ1v) is 7.59. The van der Waals surface area contributed by atoms with E-state index in [0.717, 1.165) is 19.3 Å². The molecule has 0 spiro atoms. The minimum absolute atomic E-state index is 0.0159. The summed E-state index contributed by atoms with van der Waals surface area (Å²) in [5, 5.41) is 0. The SMILES string of the molecule is CC1(C)[C@H]2CC[C@]1(C)[C@H](OC(=O)C1CCCC1=O)C2. The van der Waals surface area contributed by atoms with Crippen LogP contribution in [0.25, 0.3) is 0 Å². The fourth-order valence-corrected chi connectivity index (χ4v) is 4.60. The standard InChI is InChI=1S/C16H24O3/c1-15(2)10-7-8-16(15,3)13(9-10)19-14(18)11-5-4-6-12(11)17/h10-11,13H,4-9H2,1-3H3/t10-,11?,13+,16+/m0/s1. The van der Waals surface area contributed by atoms with Crippen molar-refractivity contribution in [3.63, 3.8) is 0 Å². The summed E-state index contributed by atoms with van der Waals surface area (Å²) in [7, 11) is 0. The molecule has 3 fully saturated rings. The number of hydrogen-bond donors (Lipinski definition) is 0. The number of Topliss-reactive ketones (excluding diaryl/α,β-unsaturated/α-hetero) is 1. The van der Waals surface area contributed by atoms with Gasteiger partial charge in [0.15, 0.2) is 0 Å². The van der Waals surface area contributed by atoms with Crippen LogP contribution in [0.3, 0.4) is 0 Å². The van der Waals surface area contributed by atoms with Crippen LogP contribution < -0.4 is 0 Å². The molecule has 0 aromatic rings. The van der Waals surface area contributed by atoms with E-state index in [9.17, 15) is 9.59 Å². The molecule has 106 valence electrons. The number of rotatable bonds is 2. The van der Waals surface area contributed by atoms with Gasteiger partial charge in [-0.2, -0.15) is 0 Å². The molecule has 0 N–H and O–H groups in total. The van der Waals surface area contributed by atoms with Gasteiger partial charge in [0.2, 0.25) is 0 Å². The highest BCUT2D eigenvalue weighted by molar-refractivity contribution is 6.00. The summed E-state index contributed by atoms with van der Waals surface area (Å²) in [4.78, 5) is 23.9. The van der Waals surface area contributed by atoms with Gasteiger partial charge < -0.3 is 4.74 Å². The summed E-state index contributed by atoms with van der Waals surface area (Å²) in [6, 6.07) is 0. The highest BCUT2D eigenvalue weighted by Crippen LogP contribution is 2.66. The first-order valence-electron chi connectivity index (χ1n) is 7.59. The van der Waals surface area contributed by atoms with Crippen molar-refractivity contribution in [2.24, 2.45) is 22.7 Å². The van der Waals surface area contributed by atoms with Crippen LogP contribution in [-0.4, -0.2) is 17.9 Å². The van der Waals surface area contributed by atoms with Crippen molar-refractivity contribution in [2.45, 2.75) is 65.4 Å². The van der Waals surface area contributed by atoms with Gasteiger partial charge in [-0.25, -0.2) is 0 Å². The lowest BCUT2D eigenvalue weighted by Gasteiger charge is -2.38. The quantitative estimate of drug-likeness (QED) is 0.568. The van der Waals surface area contributed by atoms with E-state index in [-0.39, 0.29) is 28.7 Å². The maximum Gasteiger partial charge on any atom is 0.316 e. The summed E-state index contributed by atoms with van der Waals surface area (Å²) < 4.78 is 5.78. The first-order chi connectivity index (χ1) is 8.86. The van der Waals surface area contributed by atoms with Crippen molar-refractivity contribution in [2.75, 3.05) is 0 Å². The van der Waals surface area contributed by atoms with Gasteiger partial charge in [0, 0.05) is 11.8 Å². The number of hydrogen-bond acceptors (Lipinski definition) is 3. The lowest BCUT2D eigenvalue weighted by molar-refractivity contribution is -0.163. The fraction of sp³-hybridized carbons (Fsp3) is 0.875. The molecule has 3 aliphatic rings. The van der Waals surface area contributed by atoms with Crippen LogP contribution in [0.2, 0.25) is 0 Å². The van der Waals surface area contributed by atoms with E-state index in [1.54, 1.807) is 0 Å². The second-order valence-electron chi connectivity index (χ2n) is 7.45. The summed E-state index contributed by atoms with van der Waals surface area (Å²) in [5.74, 6) is 0.0232. The first kappa shape index (κ1) is 13.1. The monoisotopic (exact) mass is 264 g/mol. The lowest BCUT2D eigenvalue weighted by atomic mass is 9.70. The average Bonchev–Trinajstić information content (AvgIpc) is 2.90. The summed E-state index contributed by atoms with van der Waals surface area (Å²) in [5.41, 5.74) is 0.340. The Bertz CT molecular complexity index is 426. The Morgan fingerprint density at radius 1 is 1.26 bits per heavy atom. The van der Waals surface area contributed by atoms with Crippen LogP contribution in [0.1, 0.15) is 59.3 Å². The normalized spacial score (nSPS) is 43.7. The van der Waals surface area contributed by atoms with Crippen LogP contribution in [0, 0.1) is 22.7 Å². The molecule has 3 aliphatic carbocycles. The second kappa shape index (κ2) is 4.07. The van der Waals surface area contributed by atoms with E-state index >= 15 is 0 Å². The van der Waals surface area contributed by atoms with Gasteiger partial charge in [-0.3, -0.25) is 9.59 Å². The number of esters is 1. The van der Waals surface area contributed by atoms with Crippen molar-refractivity contribution in [1.82, 2.24) is 0 Å². The third kappa shape index (κ3) is 1.70. The van der Waals surface area contributed by atoms with Crippen molar-refractivity contribution in [3.05, 3.63) is 0 Å². The summed E-state index contributed by atoms with van der Waals surface area (Å²) in [6.45, 7) is 6.87. The van der Waals surface area contributed by atoms with Crippen LogP contribution in [0.4, 0.5) is 0 Å². The summed E-state index contributed by atoms with van der Waals surface area (Å²) in [6.07, 6.45) is 5.47. The predicted octanol–water partition coefficient (Wildman–Crippen LogP) is 3.11. The van der Waals surface area contributed by atoms with Gasteiger partial charge in [0.05, 0.1) is 0 Å². The third-order valence-corrected chi connectivity index (χ3v) is 6.56. The molecule has 0 amide bonds. The molecule has 3 rings (SSSR count). The minimum Gasteiger partial charge on any atom is -0.461 e. The number of ketones is 1. The van der Waals surface area contributed by atoms with Gasteiger partial charge >= 0.3 is 5.97 Å². The van der Waals surface area contributed by atoms with E-state index in [1.165, 1.54) is 6.42 Å². The highest BCUT2D eigenvalue weighted by Gasteiger charge is 2.63. The Labute approximate surface area is 115 Å².